The Balaban J connectivity index is 0.000000174. The van der Waals surface area contributed by atoms with Gasteiger partial charge in [-0.15, -0.1) is 0 Å². The summed E-state index contributed by atoms with van der Waals surface area (Å²) in [5.74, 6) is 1.77. The Bertz CT molecular complexity index is 2930. The number of sulfonamides is 1. The van der Waals surface area contributed by atoms with Crippen LogP contribution in [0.25, 0.3) is 55.4 Å². The van der Waals surface area contributed by atoms with Crippen LogP contribution in [-0.4, -0.2) is 99.9 Å². The summed E-state index contributed by atoms with van der Waals surface area (Å²) in [7, 11) is -3.86. The van der Waals surface area contributed by atoms with E-state index in [1.807, 2.05) is 73.3 Å². The van der Waals surface area contributed by atoms with Gasteiger partial charge in [0.2, 0.25) is 10.0 Å². The highest BCUT2D eigenvalue weighted by Crippen LogP contribution is 2.35. The fraction of sp³-hybridized carbons (Fsp3) is 0.292. The monoisotopic (exact) mass is 927 g/mol. The molecule has 0 radical (unpaired) electrons. The molecule has 2 aliphatic heterocycles. The first-order valence-corrected chi connectivity index (χ1v) is 23.9. The van der Waals surface area contributed by atoms with Gasteiger partial charge in [-0.2, -0.15) is 10.2 Å². The molecule has 13 nitrogen and oxygen atoms in total. The second-order valence-electron chi connectivity index (χ2n) is 16.0. The molecule has 2 aliphatic rings. The third kappa shape index (κ3) is 10.1. The van der Waals surface area contributed by atoms with Crippen molar-refractivity contribution in [1.29, 1.82) is 0 Å². The van der Waals surface area contributed by atoms with E-state index < -0.39 is 10.0 Å². The van der Waals surface area contributed by atoms with E-state index in [2.05, 4.69) is 53.0 Å². The van der Waals surface area contributed by atoms with E-state index in [0.29, 0.717) is 17.6 Å². The molecule has 2 fully saturated rings. The molecule has 2 saturated heterocycles. The number of ether oxygens (including phenoxy) is 2. The van der Waals surface area contributed by atoms with Gasteiger partial charge < -0.3 is 9.47 Å². The Morgan fingerprint density at radius 1 is 0.556 bits per heavy atom. The number of primary sulfonamides is 1. The topological polar surface area (TPSA) is 145 Å². The van der Waals surface area contributed by atoms with Crippen LogP contribution in [0.2, 0.25) is 0 Å². The van der Waals surface area contributed by atoms with Crippen LogP contribution in [0.5, 0.6) is 11.5 Å². The van der Waals surface area contributed by atoms with Gasteiger partial charge in [0.1, 0.15) is 24.7 Å². The summed E-state index contributed by atoms with van der Waals surface area (Å²) in [6.45, 7) is 8.17. The second kappa shape index (κ2) is 19.4. The lowest BCUT2D eigenvalue weighted by Crippen LogP contribution is -2.33. The van der Waals surface area contributed by atoms with Crippen LogP contribution in [0.1, 0.15) is 38.5 Å². The first kappa shape index (κ1) is 42.6. The van der Waals surface area contributed by atoms with Gasteiger partial charge in [0.25, 0.3) is 0 Å². The highest BCUT2D eigenvalue weighted by atomic mass is 79.9. The number of fused-ring (bicyclic) bond motifs is 3. The van der Waals surface area contributed by atoms with E-state index in [9.17, 15) is 8.42 Å². The predicted octanol–water partition coefficient (Wildman–Crippen LogP) is 8.75. The molecule has 15 heteroatoms. The first-order chi connectivity index (χ1) is 30.8. The van der Waals surface area contributed by atoms with E-state index >= 15 is 0 Å². The summed E-state index contributed by atoms with van der Waals surface area (Å²) in [5, 5.41) is 15.6. The van der Waals surface area contributed by atoms with Crippen molar-refractivity contribution < 1.29 is 17.9 Å². The Morgan fingerprint density at radius 3 is 1.62 bits per heavy atom. The zero-order valence-corrected chi connectivity index (χ0v) is 37.4. The van der Waals surface area contributed by atoms with Crippen molar-refractivity contribution in [3.63, 3.8) is 0 Å². The number of hydrogen-bond acceptors (Lipinski definition) is 10. The summed E-state index contributed by atoms with van der Waals surface area (Å²) in [5.41, 5.74) is 7.23. The van der Waals surface area contributed by atoms with E-state index in [4.69, 9.17) is 19.6 Å². The van der Waals surface area contributed by atoms with Crippen LogP contribution in [0.4, 0.5) is 0 Å². The molecular weight excluding hydrogens is 879 g/mol. The first-order valence-electron chi connectivity index (χ1n) is 21.6. The lowest BCUT2D eigenvalue weighted by molar-refractivity contribution is 0.183. The van der Waals surface area contributed by atoms with E-state index in [0.717, 1.165) is 80.1 Å². The van der Waals surface area contributed by atoms with Crippen molar-refractivity contribution >= 4 is 48.0 Å². The Kier molecular flexibility index (Phi) is 13.1. The SMILES string of the molecule is Brc1cnn2cc(-c3ccc(OCCN4CCCCC4)cc3)cnc12.NS(=O)(=O)c1ccc(-c2cnn3cc(-c4ccc(OCCN5CCCCC5)cc4)cnc23)c2ccccc12. The molecule has 0 saturated carbocycles. The maximum atomic E-state index is 12.1. The zero-order valence-electron chi connectivity index (χ0n) is 35.0. The van der Waals surface area contributed by atoms with Crippen molar-refractivity contribution in [2.45, 2.75) is 43.4 Å². The summed E-state index contributed by atoms with van der Waals surface area (Å²) in [6.07, 6.45) is 19.0. The molecule has 0 amide bonds. The average Bonchev–Trinajstić information content (AvgIpc) is 3.92. The zero-order chi connectivity index (χ0) is 43.2. The number of rotatable bonds is 12. The van der Waals surface area contributed by atoms with Crippen molar-refractivity contribution in [1.82, 2.24) is 39.0 Å². The lowest BCUT2D eigenvalue weighted by Gasteiger charge is -2.26. The molecule has 0 atom stereocenters. The number of hydrogen-bond donors (Lipinski definition) is 1. The molecule has 10 rings (SSSR count). The van der Waals surface area contributed by atoms with Gasteiger partial charge in [-0.1, -0.05) is 67.4 Å². The Labute approximate surface area is 375 Å². The third-order valence-corrected chi connectivity index (χ3v) is 13.3. The van der Waals surface area contributed by atoms with Gasteiger partial charge in [0, 0.05) is 60.0 Å². The number of aromatic nitrogens is 6. The lowest BCUT2D eigenvalue weighted by atomic mass is 10.00. The highest BCUT2D eigenvalue weighted by molar-refractivity contribution is 9.10. The standard InChI is InChI=1S/C29H29N5O3S.C19H21BrN4O/c30-38(35,36)28-13-12-25(24-6-2-3-7-26(24)28)27-19-32-34-20-22(18-31-29(27)34)21-8-10-23(11-9-21)37-17-16-33-14-4-1-5-15-33;20-18-13-22-24-14-16(12-21-19(18)24)15-4-6-17(7-5-15)25-11-10-23-8-2-1-3-9-23/h2-3,6-13,18-20H,1,4-5,14-17H2,(H2,30,35,36);4-7,12-14H,1-3,8-11H2. The minimum atomic E-state index is -3.86. The Morgan fingerprint density at radius 2 is 1.06 bits per heavy atom. The molecule has 0 spiro atoms. The van der Waals surface area contributed by atoms with Crippen LogP contribution in [0.15, 0.2) is 131 Å². The largest absolute Gasteiger partial charge is 0.492 e. The van der Waals surface area contributed by atoms with E-state index in [-0.39, 0.29) is 4.90 Å². The highest BCUT2D eigenvalue weighted by Gasteiger charge is 2.18. The molecule has 0 bridgehead atoms. The minimum absolute atomic E-state index is 0.0995. The normalized spacial score (nSPS) is 15.1. The Hall–Kier alpha value is -5.71. The smallest absolute Gasteiger partial charge is 0.238 e. The summed E-state index contributed by atoms with van der Waals surface area (Å²) in [6, 6.07) is 26.8. The van der Waals surface area contributed by atoms with E-state index in [1.165, 1.54) is 64.7 Å². The predicted molar refractivity (Wildman–Crippen MR) is 250 cm³/mol. The van der Waals surface area contributed by atoms with Gasteiger partial charge in [-0.25, -0.2) is 32.6 Å². The maximum absolute atomic E-state index is 12.1. The van der Waals surface area contributed by atoms with Gasteiger partial charge in [-0.05, 0) is 120 Å². The van der Waals surface area contributed by atoms with Gasteiger partial charge in [-0.3, -0.25) is 9.80 Å². The fourth-order valence-electron chi connectivity index (χ4n) is 8.40. The molecular formula is C48H50BrN9O4S. The molecule has 4 aromatic carbocycles. The van der Waals surface area contributed by atoms with E-state index in [1.54, 1.807) is 45.7 Å². The molecule has 0 aliphatic carbocycles. The number of nitrogens with zero attached hydrogens (tertiary/aromatic N) is 8. The summed E-state index contributed by atoms with van der Waals surface area (Å²) in [4.78, 5) is 14.2. The minimum Gasteiger partial charge on any atom is -0.492 e. The number of likely N-dealkylation sites (tertiary alicyclic amines) is 2. The van der Waals surface area contributed by atoms with Gasteiger partial charge in [0.15, 0.2) is 11.3 Å². The molecule has 63 heavy (non-hydrogen) atoms. The van der Waals surface area contributed by atoms with Crippen LogP contribution in [0.3, 0.4) is 0 Å². The number of halogens is 1. The molecule has 6 heterocycles. The summed E-state index contributed by atoms with van der Waals surface area (Å²) >= 11 is 3.44. The fourth-order valence-corrected chi connectivity index (χ4v) is 9.52. The van der Waals surface area contributed by atoms with Crippen LogP contribution < -0.4 is 14.6 Å². The quantitative estimate of drug-likeness (QED) is 0.126. The average molecular weight is 929 g/mol. The van der Waals surface area contributed by atoms with Crippen molar-refractivity contribution in [3.8, 4) is 44.9 Å². The second-order valence-corrected chi connectivity index (χ2v) is 18.4. The molecule has 8 aromatic rings. The molecule has 4 aromatic heterocycles. The van der Waals surface area contributed by atoms with Crippen molar-refractivity contribution in [2.75, 3.05) is 52.5 Å². The van der Waals surface area contributed by atoms with Gasteiger partial charge in [0.05, 0.1) is 21.8 Å². The number of piperidine rings is 2. The number of nitrogens with two attached hydrogens (primary N) is 1. The van der Waals surface area contributed by atoms with Gasteiger partial charge >= 0.3 is 0 Å². The third-order valence-electron chi connectivity index (χ3n) is 11.8. The van der Waals surface area contributed by atoms with Crippen LogP contribution >= 0.6 is 15.9 Å². The summed E-state index contributed by atoms with van der Waals surface area (Å²) < 4.78 is 40.5. The molecule has 324 valence electrons. The molecule has 2 N–H and O–H groups in total. The van der Waals surface area contributed by atoms with Crippen molar-refractivity contribution in [3.05, 3.63) is 127 Å². The van der Waals surface area contributed by atoms with Crippen molar-refractivity contribution in [2.24, 2.45) is 5.14 Å². The molecule has 0 unspecified atom stereocenters. The number of benzene rings is 4. The van der Waals surface area contributed by atoms with Crippen LogP contribution in [0, 0.1) is 0 Å². The van der Waals surface area contributed by atoms with Crippen LogP contribution in [-0.2, 0) is 10.0 Å². The maximum Gasteiger partial charge on any atom is 0.238 e.